The van der Waals surface area contributed by atoms with E-state index >= 15 is 0 Å². The topological polar surface area (TPSA) is 55.9 Å². The predicted octanol–water partition coefficient (Wildman–Crippen LogP) is 1.71. The Hall–Kier alpha value is -0.870. The first kappa shape index (κ1) is 13.2. The molecule has 3 N–H and O–H groups in total. The minimum atomic E-state index is 0.318. The minimum Gasteiger partial charge on any atom is -0.335 e. The second kappa shape index (κ2) is 6.66. The molecule has 92 valence electrons. The van der Waals surface area contributed by atoms with Crippen molar-refractivity contribution in [3.63, 3.8) is 0 Å². The quantitative estimate of drug-likeness (QED) is 0.547. The number of aryl methyl sites for hydroxylation is 1. The second-order valence-electron chi connectivity index (χ2n) is 4.73. The average Bonchev–Trinajstić information content (AvgIpc) is 2.65. The maximum atomic E-state index is 5.57. The minimum absolute atomic E-state index is 0.318. The van der Waals surface area contributed by atoms with E-state index < -0.39 is 0 Å². The van der Waals surface area contributed by atoms with Crippen molar-refractivity contribution in [2.45, 2.75) is 52.6 Å². The second-order valence-corrected chi connectivity index (χ2v) is 4.73. The number of nitrogens with one attached hydrogen (secondary N) is 1. The largest absolute Gasteiger partial charge is 0.335 e. The van der Waals surface area contributed by atoms with Crippen LogP contribution in [0, 0.1) is 5.92 Å². The Morgan fingerprint density at radius 1 is 1.50 bits per heavy atom. The van der Waals surface area contributed by atoms with Crippen molar-refractivity contribution in [1.82, 2.24) is 15.0 Å². The van der Waals surface area contributed by atoms with Gasteiger partial charge in [0.15, 0.2) is 0 Å². The van der Waals surface area contributed by atoms with Crippen LogP contribution in [0.5, 0.6) is 0 Å². The van der Waals surface area contributed by atoms with Crippen LogP contribution in [-0.4, -0.2) is 15.6 Å². The Morgan fingerprint density at radius 2 is 2.25 bits per heavy atom. The fraction of sp³-hybridized carbons (Fsp3) is 0.750. The van der Waals surface area contributed by atoms with E-state index in [1.54, 1.807) is 0 Å². The first-order chi connectivity index (χ1) is 7.67. The van der Waals surface area contributed by atoms with Crippen molar-refractivity contribution in [1.29, 1.82) is 0 Å². The molecule has 4 nitrogen and oxygen atoms in total. The van der Waals surface area contributed by atoms with Gasteiger partial charge in [-0.2, -0.15) is 0 Å². The molecule has 1 unspecified atom stereocenters. The zero-order chi connectivity index (χ0) is 12.0. The van der Waals surface area contributed by atoms with Crippen LogP contribution < -0.4 is 11.3 Å². The molecular weight excluding hydrogens is 200 g/mol. The maximum absolute atomic E-state index is 5.57. The average molecular weight is 224 g/mol. The summed E-state index contributed by atoms with van der Waals surface area (Å²) in [5.41, 5.74) is 2.89. The summed E-state index contributed by atoms with van der Waals surface area (Å²) in [4.78, 5) is 4.40. The summed E-state index contributed by atoms with van der Waals surface area (Å²) in [5.74, 6) is 7.35. The van der Waals surface area contributed by atoms with E-state index in [1.807, 2.05) is 12.4 Å². The molecule has 1 rings (SSSR count). The highest BCUT2D eigenvalue weighted by atomic mass is 15.2. The molecule has 0 aliphatic rings. The van der Waals surface area contributed by atoms with Gasteiger partial charge in [-0.15, -0.1) is 0 Å². The van der Waals surface area contributed by atoms with Crippen molar-refractivity contribution in [2.75, 3.05) is 0 Å². The molecule has 1 heterocycles. The molecule has 1 aromatic heterocycles. The standard InChI is InChI=1S/C12H24N4/c1-4-6-16-7-5-14-12(16)9-11(15-13)8-10(2)3/h5,7,10-11,15H,4,6,8-9,13H2,1-3H3. The van der Waals surface area contributed by atoms with E-state index in [9.17, 15) is 0 Å². The zero-order valence-corrected chi connectivity index (χ0v) is 10.6. The monoisotopic (exact) mass is 224 g/mol. The third-order valence-corrected chi connectivity index (χ3v) is 2.69. The van der Waals surface area contributed by atoms with Gasteiger partial charge in [0, 0.05) is 31.4 Å². The molecule has 0 aliphatic carbocycles. The molecule has 4 heteroatoms. The summed E-state index contributed by atoms with van der Waals surface area (Å²) in [5, 5.41) is 0. The third kappa shape index (κ3) is 3.94. The summed E-state index contributed by atoms with van der Waals surface area (Å²) < 4.78 is 2.21. The fourth-order valence-electron chi connectivity index (χ4n) is 1.97. The Bertz CT molecular complexity index is 293. The van der Waals surface area contributed by atoms with Gasteiger partial charge in [0.1, 0.15) is 5.82 Å². The van der Waals surface area contributed by atoms with Gasteiger partial charge in [0.25, 0.3) is 0 Å². The summed E-state index contributed by atoms with van der Waals surface area (Å²) in [6, 6.07) is 0.318. The summed E-state index contributed by atoms with van der Waals surface area (Å²) >= 11 is 0. The van der Waals surface area contributed by atoms with E-state index in [0.29, 0.717) is 12.0 Å². The van der Waals surface area contributed by atoms with Gasteiger partial charge in [-0.25, -0.2) is 4.98 Å². The Morgan fingerprint density at radius 3 is 2.81 bits per heavy atom. The van der Waals surface area contributed by atoms with Gasteiger partial charge >= 0.3 is 0 Å². The van der Waals surface area contributed by atoms with Crippen molar-refractivity contribution in [3.8, 4) is 0 Å². The Labute approximate surface area is 98.2 Å². The number of hydrogen-bond acceptors (Lipinski definition) is 3. The molecule has 1 atom stereocenters. The maximum Gasteiger partial charge on any atom is 0.110 e. The molecule has 16 heavy (non-hydrogen) atoms. The van der Waals surface area contributed by atoms with E-state index in [-0.39, 0.29) is 0 Å². The zero-order valence-electron chi connectivity index (χ0n) is 10.6. The van der Waals surface area contributed by atoms with Gasteiger partial charge < -0.3 is 4.57 Å². The van der Waals surface area contributed by atoms with Crippen molar-refractivity contribution in [2.24, 2.45) is 11.8 Å². The lowest BCUT2D eigenvalue weighted by atomic mass is 10.0. The fourth-order valence-corrected chi connectivity index (χ4v) is 1.97. The number of rotatable bonds is 7. The highest BCUT2D eigenvalue weighted by Gasteiger charge is 2.13. The first-order valence-corrected chi connectivity index (χ1v) is 6.13. The smallest absolute Gasteiger partial charge is 0.110 e. The predicted molar refractivity (Wildman–Crippen MR) is 66.8 cm³/mol. The van der Waals surface area contributed by atoms with Crippen LogP contribution in [0.25, 0.3) is 0 Å². The third-order valence-electron chi connectivity index (χ3n) is 2.69. The molecule has 0 amide bonds. The summed E-state index contributed by atoms with van der Waals surface area (Å²) in [6.07, 6.45) is 7.03. The molecule has 0 saturated heterocycles. The van der Waals surface area contributed by atoms with Gasteiger partial charge in [-0.3, -0.25) is 11.3 Å². The van der Waals surface area contributed by atoms with Crippen molar-refractivity contribution >= 4 is 0 Å². The van der Waals surface area contributed by atoms with Crippen LogP contribution in [0.1, 0.15) is 39.4 Å². The van der Waals surface area contributed by atoms with Crippen LogP contribution in [0.4, 0.5) is 0 Å². The van der Waals surface area contributed by atoms with Crippen molar-refractivity contribution in [3.05, 3.63) is 18.2 Å². The van der Waals surface area contributed by atoms with E-state index in [1.165, 1.54) is 0 Å². The van der Waals surface area contributed by atoms with E-state index in [2.05, 4.69) is 35.7 Å². The van der Waals surface area contributed by atoms with Crippen LogP contribution in [-0.2, 0) is 13.0 Å². The molecule has 0 saturated carbocycles. The number of nitrogens with two attached hydrogens (primary N) is 1. The molecule has 0 aromatic carbocycles. The number of hydrazine groups is 1. The lowest BCUT2D eigenvalue weighted by molar-refractivity contribution is 0.411. The Balaban J connectivity index is 2.58. The molecule has 1 aromatic rings. The van der Waals surface area contributed by atoms with Gasteiger partial charge in [-0.05, 0) is 18.8 Å². The van der Waals surface area contributed by atoms with Crippen LogP contribution in [0.15, 0.2) is 12.4 Å². The summed E-state index contributed by atoms with van der Waals surface area (Å²) in [7, 11) is 0. The number of hydrogen-bond donors (Lipinski definition) is 2. The van der Waals surface area contributed by atoms with Gasteiger partial charge in [-0.1, -0.05) is 20.8 Å². The molecule has 0 spiro atoms. The molecular formula is C12H24N4. The molecule has 0 bridgehead atoms. The number of aromatic nitrogens is 2. The van der Waals surface area contributed by atoms with Crippen LogP contribution >= 0.6 is 0 Å². The summed E-state index contributed by atoms with van der Waals surface area (Å²) in [6.45, 7) is 7.64. The molecule has 0 aliphatic heterocycles. The van der Waals surface area contributed by atoms with Gasteiger partial charge in [0.2, 0.25) is 0 Å². The lowest BCUT2D eigenvalue weighted by Gasteiger charge is -2.18. The highest BCUT2D eigenvalue weighted by Crippen LogP contribution is 2.10. The number of nitrogens with zero attached hydrogens (tertiary/aromatic N) is 2. The van der Waals surface area contributed by atoms with Crippen molar-refractivity contribution < 1.29 is 0 Å². The Kier molecular flexibility index (Phi) is 5.49. The van der Waals surface area contributed by atoms with Crippen LogP contribution in [0.3, 0.4) is 0 Å². The number of imidazole rings is 1. The first-order valence-electron chi connectivity index (χ1n) is 6.13. The normalized spacial score (nSPS) is 13.3. The van der Waals surface area contributed by atoms with E-state index in [4.69, 9.17) is 5.84 Å². The van der Waals surface area contributed by atoms with E-state index in [0.717, 1.165) is 31.6 Å². The lowest BCUT2D eigenvalue weighted by Crippen LogP contribution is -2.38. The SMILES string of the molecule is CCCn1ccnc1CC(CC(C)C)NN. The highest BCUT2D eigenvalue weighted by molar-refractivity contribution is 4.95. The van der Waals surface area contributed by atoms with Gasteiger partial charge in [0.05, 0.1) is 0 Å². The van der Waals surface area contributed by atoms with Crippen LogP contribution in [0.2, 0.25) is 0 Å². The molecule has 0 radical (unpaired) electrons. The molecule has 0 fully saturated rings.